The van der Waals surface area contributed by atoms with Crippen LogP contribution in [0.4, 0.5) is 5.69 Å². The summed E-state index contributed by atoms with van der Waals surface area (Å²) in [5, 5.41) is 0.462. The minimum atomic E-state index is -0.733. The van der Waals surface area contributed by atoms with Gasteiger partial charge in [0.05, 0.1) is 35.4 Å². The first-order valence-corrected chi connectivity index (χ1v) is 9.39. The monoisotopic (exact) mass is 401 g/mol. The molecule has 1 fully saturated rings. The SMILES string of the molecule is Nc1cc2oc(=O)n(CC3CN(Cc4ccccc4)CCO3)c(=O)c2cc1Cl. The molecule has 0 saturated carbocycles. The fraction of sp³-hybridized carbons (Fsp3) is 0.300. The third kappa shape index (κ3) is 3.82. The number of halogens is 1. The highest BCUT2D eigenvalue weighted by Crippen LogP contribution is 2.23. The molecular formula is C20H20ClN3O4. The molecule has 2 aromatic carbocycles. The van der Waals surface area contributed by atoms with Crippen LogP contribution in [0.1, 0.15) is 5.56 Å². The number of morpholine rings is 1. The Morgan fingerprint density at radius 2 is 1.96 bits per heavy atom. The van der Waals surface area contributed by atoms with Crippen molar-refractivity contribution in [1.82, 2.24) is 9.47 Å². The molecule has 1 aliphatic rings. The van der Waals surface area contributed by atoms with Crippen LogP contribution in [0.3, 0.4) is 0 Å². The highest BCUT2D eigenvalue weighted by molar-refractivity contribution is 6.33. The number of benzene rings is 2. The van der Waals surface area contributed by atoms with Gasteiger partial charge in [-0.15, -0.1) is 0 Å². The summed E-state index contributed by atoms with van der Waals surface area (Å²) < 4.78 is 12.1. The average molecular weight is 402 g/mol. The highest BCUT2D eigenvalue weighted by atomic mass is 35.5. The predicted molar refractivity (Wildman–Crippen MR) is 108 cm³/mol. The van der Waals surface area contributed by atoms with Gasteiger partial charge in [-0.1, -0.05) is 41.9 Å². The fourth-order valence-corrected chi connectivity index (χ4v) is 3.60. The lowest BCUT2D eigenvalue weighted by molar-refractivity contribution is -0.0402. The molecule has 4 rings (SSSR count). The Hall–Kier alpha value is -2.61. The van der Waals surface area contributed by atoms with Crippen LogP contribution in [-0.4, -0.2) is 35.3 Å². The number of ether oxygens (including phenoxy) is 1. The predicted octanol–water partition coefficient (Wildman–Crippen LogP) is 2.09. The van der Waals surface area contributed by atoms with E-state index in [1.807, 2.05) is 18.2 Å². The van der Waals surface area contributed by atoms with E-state index >= 15 is 0 Å². The van der Waals surface area contributed by atoms with E-state index in [1.165, 1.54) is 17.7 Å². The Kier molecular flexibility index (Phi) is 5.21. The molecular weight excluding hydrogens is 382 g/mol. The highest BCUT2D eigenvalue weighted by Gasteiger charge is 2.23. The normalized spacial score (nSPS) is 17.8. The van der Waals surface area contributed by atoms with Crippen LogP contribution in [0.25, 0.3) is 11.0 Å². The number of rotatable bonds is 4. The minimum Gasteiger partial charge on any atom is -0.409 e. The van der Waals surface area contributed by atoms with Crippen LogP contribution >= 0.6 is 11.6 Å². The summed E-state index contributed by atoms with van der Waals surface area (Å²) in [7, 11) is 0. The van der Waals surface area contributed by atoms with Crippen LogP contribution in [0.2, 0.25) is 5.02 Å². The Balaban J connectivity index is 1.56. The lowest BCUT2D eigenvalue weighted by atomic mass is 10.2. The number of anilines is 1. The quantitative estimate of drug-likeness (QED) is 0.673. The van der Waals surface area contributed by atoms with E-state index in [0.717, 1.165) is 17.7 Å². The summed E-state index contributed by atoms with van der Waals surface area (Å²) in [6, 6.07) is 13.0. The van der Waals surface area contributed by atoms with E-state index in [-0.39, 0.29) is 34.3 Å². The summed E-state index contributed by atoms with van der Waals surface area (Å²) in [5.41, 5.74) is 6.85. The van der Waals surface area contributed by atoms with Gasteiger partial charge in [0.2, 0.25) is 0 Å². The maximum Gasteiger partial charge on any atom is 0.422 e. The van der Waals surface area contributed by atoms with Crippen molar-refractivity contribution in [2.75, 3.05) is 25.4 Å². The van der Waals surface area contributed by atoms with Gasteiger partial charge in [0, 0.05) is 25.7 Å². The van der Waals surface area contributed by atoms with Gasteiger partial charge in [-0.25, -0.2) is 9.36 Å². The molecule has 0 radical (unpaired) electrons. The van der Waals surface area contributed by atoms with Crippen LogP contribution in [0.5, 0.6) is 0 Å². The standard InChI is InChI=1S/C20H20ClN3O4/c21-16-8-15-18(9-17(16)22)28-20(26)24(19(15)25)12-14-11-23(6-7-27-14)10-13-4-2-1-3-5-13/h1-5,8-9,14H,6-7,10-12,22H2. The Morgan fingerprint density at radius 1 is 1.18 bits per heavy atom. The molecule has 1 aromatic heterocycles. The Bertz CT molecular complexity index is 1110. The van der Waals surface area contributed by atoms with Crippen molar-refractivity contribution < 1.29 is 9.15 Å². The van der Waals surface area contributed by atoms with E-state index in [9.17, 15) is 9.59 Å². The molecule has 2 heterocycles. The van der Waals surface area contributed by atoms with Gasteiger partial charge >= 0.3 is 5.76 Å². The number of aromatic nitrogens is 1. The first-order valence-electron chi connectivity index (χ1n) is 9.02. The van der Waals surface area contributed by atoms with E-state index < -0.39 is 11.3 Å². The number of nitrogens with zero attached hydrogens (tertiary/aromatic N) is 2. The van der Waals surface area contributed by atoms with E-state index in [0.29, 0.717) is 13.2 Å². The average Bonchev–Trinajstić information content (AvgIpc) is 2.68. The number of fused-ring (bicyclic) bond motifs is 1. The lowest BCUT2D eigenvalue weighted by Crippen LogP contribution is -2.46. The van der Waals surface area contributed by atoms with Crippen LogP contribution < -0.4 is 17.0 Å². The number of hydrogen-bond acceptors (Lipinski definition) is 6. The summed E-state index contributed by atoms with van der Waals surface area (Å²) in [6.07, 6.45) is -0.292. The van der Waals surface area contributed by atoms with Gasteiger partial charge < -0.3 is 14.9 Å². The zero-order valence-electron chi connectivity index (χ0n) is 15.1. The second kappa shape index (κ2) is 7.79. The van der Waals surface area contributed by atoms with Crippen molar-refractivity contribution in [3.8, 4) is 0 Å². The van der Waals surface area contributed by atoms with Crippen molar-refractivity contribution in [1.29, 1.82) is 0 Å². The van der Waals surface area contributed by atoms with E-state index in [1.54, 1.807) is 0 Å². The Labute approximate surface area is 165 Å². The van der Waals surface area contributed by atoms with Crippen LogP contribution in [-0.2, 0) is 17.8 Å². The molecule has 8 heteroatoms. The molecule has 1 atom stereocenters. The van der Waals surface area contributed by atoms with Crippen molar-refractivity contribution in [3.05, 3.63) is 74.0 Å². The van der Waals surface area contributed by atoms with Crippen LogP contribution in [0, 0.1) is 0 Å². The maximum absolute atomic E-state index is 12.8. The molecule has 2 N–H and O–H groups in total. The molecule has 0 spiro atoms. The number of hydrogen-bond donors (Lipinski definition) is 1. The zero-order chi connectivity index (χ0) is 19.7. The molecule has 1 unspecified atom stereocenters. The van der Waals surface area contributed by atoms with Crippen molar-refractivity contribution in [3.63, 3.8) is 0 Å². The second-order valence-corrected chi connectivity index (χ2v) is 7.27. The molecule has 0 aliphatic carbocycles. The fourth-order valence-electron chi connectivity index (χ4n) is 3.44. The van der Waals surface area contributed by atoms with Crippen molar-refractivity contribution in [2.24, 2.45) is 0 Å². The molecule has 1 saturated heterocycles. The topological polar surface area (TPSA) is 90.7 Å². The molecule has 0 amide bonds. The Morgan fingerprint density at radius 3 is 2.75 bits per heavy atom. The molecule has 3 aromatic rings. The van der Waals surface area contributed by atoms with Crippen LogP contribution in [0.15, 0.2) is 56.5 Å². The molecule has 28 heavy (non-hydrogen) atoms. The number of nitrogens with two attached hydrogens (primary N) is 1. The van der Waals surface area contributed by atoms with Gasteiger partial charge in [0.1, 0.15) is 5.58 Å². The first kappa shape index (κ1) is 18.7. The molecule has 1 aliphatic heterocycles. The minimum absolute atomic E-state index is 0.115. The van der Waals surface area contributed by atoms with Crippen molar-refractivity contribution in [2.45, 2.75) is 19.2 Å². The van der Waals surface area contributed by atoms with E-state index in [4.69, 9.17) is 26.5 Å². The summed E-state index contributed by atoms with van der Waals surface area (Å²) >= 11 is 6.02. The largest absolute Gasteiger partial charge is 0.422 e. The third-order valence-electron chi connectivity index (χ3n) is 4.85. The molecule has 7 nitrogen and oxygen atoms in total. The smallest absolute Gasteiger partial charge is 0.409 e. The first-order chi connectivity index (χ1) is 13.5. The van der Waals surface area contributed by atoms with Gasteiger partial charge in [0.15, 0.2) is 0 Å². The van der Waals surface area contributed by atoms with Gasteiger partial charge in [-0.05, 0) is 11.6 Å². The van der Waals surface area contributed by atoms with Gasteiger partial charge in [-0.3, -0.25) is 9.69 Å². The molecule has 0 bridgehead atoms. The summed E-state index contributed by atoms with van der Waals surface area (Å²) in [6.45, 7) is 2.84. The second-order valence-electron chi connectivity index (χ2n) is 6.87. The maximum atomic E-state index is 12.8. The van der Waals surface area contributed by atoms with Crippen molar-refractivity contribution >= 4 is 28.3 Å². The summed E-state index contributed by atoms with van der Waals surface area (Å²) in [4.78, 5) is 27.4. The molecule has 146 valence electrons. The third-order valence-corrected chi connectivity index (χ3v) is 5.18. The zero-order valence-corrected chi connectivity index (χ0v) is 15.9. The lowest BCUT2D eigenvalue weighted by Gasteiger charge is -2.33. The van der Waals surface area contributed by atoms with E-state index in [2.05, 4.69) is 17.0 Å². The summed E-state index contributed by atoms with van der Waals surface area (Å²) in [5.74, 6) is -0.733. The van der Waals surface area contributed by atoms with Gasteiger partial charge in [0.25, 0.3) is 5.56 Å². The van der Waals surface area contributed by atoms with Gasteiger partial charge in [-0.2, -0.15) is 0 Å². The number of nitrogen functional groups attached to an aromatic ring is 1.